The highest BCUT2D eigenvalue weighted by Gasteiger charge is 2.16. The zero-order chi connectivity index (χ0) is 14.4. The Morgan fingerprint density at radius 1 is 1.25 bits per heavy atom. The molecule has 4 nitrogen and oxygen atoms in total. The summed E-state index contributed by atoms with van der Waals surface area (Å²) in [5.74, 6) is 0.428. The van der Waals surface area contributed by atoms with Gasteiger partial charge in [-0.25, -0.2) is 5.01 Å². The minimum absolute atomic E-state index is 0.106. The van der Waals surface area contributed by atoms with Crippen LogP contribution in [0, 0.1) is 0 Å². The predicted octanol–water partition coefficient (Wildman–Crippen LogP) is 2.79. The highest BCUT2D eigenvalue weighted by Crippen LogP contribution is 2.32. The van der Waals surface area contributed by atoms with Crippen LogP contribution >= 0.6 is 0 Å². The predicted molar refractivity (Wildman–Crippen MR) is 71.9 cm³/mol. The number of nitrogens with one attached hydrogen (secondary N) is 1. The summed E-state index contributed by atoms with van der Waals surface area (Å²) in [6.07, 6.45) is 3.56. The fourth-order valence-electron chi connectivity index (χ4n) is 2.33. The number of nitrogens with zero attached hydrogens (tertiary/aromatic N) is 1. The molecular weight excluding hydrogens is 266 g/mol. The van der Waals surface area contributed by atoms with E-state index in [1.807, 2.05) is 0 Å². The molecule has 0 aliphatic carbocycles. The van der Waals surface area contributed by atoms with Gasteiger partial charge in [0.15, 0.2) is 11.5 Å². The molecular formula is C14H20F2N2O2. The van der Waals surface area contributed by atoms with Crippen LogP contribution < -0.4 is 14.9 Å². The van der Waals surface area contributed by atoms with Gasteiger partial charge in [-0.1, -0.05) is 18.6 Å². The summed E-state index contributed by atoms with van der Waals surface area (Å²) >= 11 is 0. The van der Waals surface area contributed by atoms with E-state index in [4.69, 9.17) is 4.74 Å². The molecule has 0 amide bonds. The van der Waals surface area contributed by atoms with E-state index >= 15 is 0 Å². The van der Waals surface area contributed by atoms with E-state index in [2.05, 4.69) is 15.2 Å². The molecule has 112 valence electrons. The smallest absolute Gasteiger partial charge is 0.387 e. The second-order valence-corrected chi connectivity index (χ2v) is 4.71. The molecule has 1 N–H and O–H groups in total. The number of methoxy groups -OCH3 is 1. The normalized spacial score (nSPS) is 16.4. The molecule has 0 aromatic heterocycles. The van der Waals surface area contributed by atoms with Crippen molar-refractivity contribution in [3.63, 3.8) is 0 Å². The quantitative estimate of drug-likeness (QED) is 0.872. The highest BCUT2D eigenvalue weighted by atomic mass is 19.3. The van der Waals surface area contributed by atoms with Crippen LogP contribution in [0.4, 0.5) is 8.78 Å². The summed E-state index contributed by atoms with van der Waals surface area (Å²) in [7, 11) is 1.44. The van der Waals surface area contributed by atoms with Crippen molar-refractivity contribution >= 4 is 0 Å². The highest BCUT2D eigenvalue weighted by molar-refractivity contribution is 5.46. The Hall–Kier alpha value is -1.40. The summed E-state index contributed by atoms with van der Waals surface area (Å²) in [6.45, 7) is -0.455. The molecule has 20 heavy (non-hydrogen) atoms. The van der Waals surface area contributed by atoms with Gasteiger partial charge in [-0.05, 0) is 18.9 Å². The van der Waals surface area contributed by atoms with E-state index < -0.39 is 6.61 Å². The van der Waals surface area contributed by atoms with Crippen LogP contribution in [0.5, 0.6) is 11.5 Å². The van der Waals surface area contributed by atoms with Crippen molar-refractivity contribution in [1.29, 1.82) is 0 Å². The molecule has 0 saturated carbocycles. The van der Waals surface area contributed by atoms with E-state index in [0.717, 1.165) is 25.9 Å². The third-order valence-corrected chi connectivity index (χ3v) is 3.34. The number of ether oxygens (including phenoxy) is 2. The first-order valence-electron chi connectivity index (χ1n) is 6.80. The van der Waals surface area contributed by atoms with Gasteiger partial charge in [0.2, 0.25) is 0 Å². The maximum Gasteiger partial charge on any atom is 0.387 e. The number of alkyl halides is 2. The van der Waals surface area contributed by atoms with Gasteiger partial charge >= 0.3 is 6.61 Å². The standard InChI is InChI=1S/C14H20F2N2O2/c1-19-12-7-5-6-11(13(12)20-14(15)16)10-17-18-8-3-2-4-9-18/h5-7,14,17H,2-4,8-10H2,1H3. The maximum atomic E-state index is 12.5. The molecule has 1 aliphatic heterocycles. The summed E-state index contributed by atoms with van der Waals surface area (Å²) in [5.41, 5.74) is 3.92. The lowest BCUT2D eigenvalue weighted by Gasteiger charge is -2.27. The molecule has 0 spiro atoms. The van der Waals surface area contributed by atoms with Crippen molar-refractivity contribution < 1.29 is 18.3 Å². The van der Waals surface area contributed by atoms with E-state index in [1.165, 1.54) is 13.5 Å². The second-order valence-electron chi connectivity index (χ2n) is 4.71. The molecule has 0 unspecified atom stereocenters. The van der Waals surface area contributed by atoms with Gasteiger partial charge in [0.1, 0.15) is 0 Å². The van der Waals surface area contributed by atoms with Gasteiger partial charge in [0.25, 0.3) is 0 Å². The summed E-state index contributed by atoms with van der Waals surface area (Å²) in [6, 6.07) is 5.14. The first kappa shape index (κ1) is 15.0. The minimum atomic E-state index is -2.86. The van der Waals surface area contributed by atoms with Crippen molar-refractivity contribution in [3.8, 4) is 11.5 Å². The van der Waals surface area contributed by atoms with E-state index in [0.29, 0.717) is 17.9 Å². The zero-order valence-electron chi connectivity index (χ0n) is 11.6. The lowest BCUT2D eigenvalue weighted by molar-refractivity contribution is -0.0520. The fourth-order valence-corrected chi connectivity index (χ4v) is 2.33. The Kier molecular flexibility index (Phi) is 5.55. The second kappa shape index (κ2) is 7.40. The number of halogens is 2. The van der Waals surface area contributed by atoms with Crippen LogP contribution in [-0.4, -0.2) is 31.8 Å². The van der Waals surface area contributed by atoms with Crippen molar-refractivity contribution in [2.24, 2.45) is 0 Å². The van der Waals surface area contributed by atoms with Gasteiger partial charge < -0.3 is 9.47 Å². The number of benzene rings is 1. The average Bonchev–Trinajstić information content (AvgIpc) is 2.46. The number of hydrogen-bond donors (Lipinski definition) is 1. The third-order valence-electron chi connectivity index (χ3n) is 3.34. The number of rotatable bonds is 6. The SMILES string of the molecule is COc1cccc(CNN2CCCCC2)c1OC(F)F. The molecule has 0 atom stereocenters. The molecule has 1 fully saturated rings. The largest absolute Gasteiger partial charge is 0.493 e. The first-order chi connectivity index (χ1) is 9.70. The van der Waals surface area contributed by atoms with Gasteiger partial charge in [0.05, 0.1) is 7.11 Å². The molecule has 0 bridgehead atoms. The first-order valence-corrected chi connectivity index (χ1v) is 6.80. The average molecular weight is 286 g/mol. The third kappa shape index (κ3) is 4.05. The van der Waals surface area contributed by atoms with E-state index in [-0.39, 0.29) is 5.75 Å². The monoisotopic (exact) mass is 286 g/mol. The summed E-state index contributed by atoms with van der Waals surface area (Å²) in [4.78, 5) is 0. The van der Waals surface area contributed by atoms with Crippen LogP contribution in [0.1, 0.15) is 24.8 Å². The van der Waals surface area contributed by atoms with Crippen LogP contribution in [0.3, 0.4) is 0 Å². The number of hydrazine groups is 1. The van der Waals surface area contributed by atoms with Crippen molar-refractivity contribution in [2.75, 3.05) is 20.2 Å². The summed E-state index contributed by atoms with van der Waals surface area (Å²) < 4.78 is 34.7. The van der Waals surface area contributed by atoms with Gasteiger partial charge in [-0.2, -0.15) is 8.78 Å². The molecule has 1 heterocycles. The summed E-state index contributed by atoms with van der Waals surface area (Å²) in [5, 5.41) is 2.12. The van der Waals surface area contributed by atoms with Crippen molar-refractivity contribution in [1.82, 2.24) is 10.4 Å². The van der Waals surface area contributed by atoms with Gasteiger partial charge in [-0.15, -0.1) is 0 Å². The Balaban J connectivity index is 2.05. The van der Waals surface area contributed by atoms with Crippen LogP contribution in [-0.2, 0) is 6.54 Å². The number of para-hydroxylation sites is 1. The Bertz CT molecular complexity index is 424. The van der Waals surface area contributed by atoms with Crippen LogP contribution in [0.15, 0.2) is 18.2 Å². The molecule has 1 saturated heterocycles. The van der Waals surface area contributed by atoms with Crippen molar-refractivity contribution in [3.05, 3.63) is 23.8 Å². The lowest BCUT2D eigenvalue weighted by Crippen LogP contribution is -2.41. The number of piperidine rings is 1. The molecule has 1 aliphatic rings. The molecule has 1 aromatic rings. The lowest BCUT2D eigenvalue weighted by atomic mass is 10.1. The van der Waals surface area contributed by atoms with Gasteiger partial charge in [0, 0.05) is 25.2 Å². The van der Waals surface area contributed by atoms with E-state index in [1.54, 1.807) is 18.2 Å². The molecule has 6 heteroatoms. The van der Waals surface area contributed by atoms with Crippen LogP contribution in [0.25, 0.3) is 0 Å². The van der Waals surface area contributed by atoms with E-state index in [9.17, 15) is 8.78 Å². The Morgan fingerprint density at radius 3 is 2.65 bits per heavy atom. The minimum Gasteiger partial charge on any atom is -0.493 e. The maximum absolute atomic E-state index is 12.5. The Morgan fingerprint density at radius 2 is 2.00 bits per heavy atom. The number of hydrogen-bond acceptors (Lipinski definition) is 4. The van der Waals surface area contributed by atoms with Crippen molar-refractivity contribution in [2.45, 2.75) is 32.4 Å². The molecule has 2 rings (SSSR count). The molecule has 1 aromatic carbocycles. The zero-order valence-corrected chi connectivity index (χ0v) is 11.6. The van der Waals surface area contributed by atoms with Crippen LogP contribution in [0.2, 0.25) is 0 Å². The Labute approximate surface area is 117 Å². The molecule has 0 radical (unpaired) electrons. The fraction of sp³-hybridized carbons (Fsp3) is 0.571. The topological polar surface area (TPSA) is 33.7 Å². The van der Waals surface area contributed by atoms with Gasteiger partial charge in [-0.3, -0.25) is 5.43 Å².